The summed E-state index contributed by atoms with van der Waals surface area (Å²) in [5, 5.41) is 3.03. The van der Waals surface area contributed by atoms with Crippen LogP contribution in [0.3, 0.4) is 0 Å². The molecule has 1 aliphatic rings. The van der Waals surface area contributed by atoms with Gasteiger partial charge in [-0.25, -0.2) is 0 Å². The SMILES string of the molecule is CCCNc1nc(Cl)nc(N2CCC(C(F)(F)F)CC2)n1. The number of hydrogen-bond acceptors (Lipinski definition) is 5. The van der Waals surface area contributed by atoms with Crippen molar-refractivity contribution in [2.75, 3.05) is 29.9 Å². The quantitative estimate of drug-likeness (QED) is 0.922. The van der Waals surface area contributed by atoms with Crippen molar-refractivity contribution in [2.45, 2.75) is 32.4 Å². The highest BCUT2D eigenvalue weighted by molar-refractivity contribution is 6.28. The number of rotatable bonds is 4. The van der Waals surface area contributed by atoms with Crippen molar-refractivity contribution in [3.63, 3.8) is 0 Å². The Bertz CT molecular complexity index is 474. The minimum absolute atomic E-state index is 0.0385. The van der Waals surface area contributed by atoms with Crippen molar-refractivity contribution in [2.24, 2.45) is 5.92 Å². The summed E-state index contributed by atoms with van der Waals surface area (Å²) in [7, 11) is 0. The van der Waals surface area contributed by atoms with Gasteiger partial charge >= 0.3 is 6.18 Å². The Morgan fingerprint density at radius 1 is 1.24 bits per heavy atom. The first kappa shape index (κ1) is 16.1. The van der Waals surface area contributed by atoms with Crippen LogP contribution < -0.4 is 10.2 Å². The first-order valence-electron chi connectivity index (χ1n) is 6.87. The molecule has 2 rings (SSSR count). The zero-order chi connectivity index (χ0) is 15.5. The Balaban J connectivity index is 2.04. The van der Waals surface area contributed by atoms with Crippen LogP contribution in [0.5, 0.6) is 0 Å². The van der Waals surface area contributed by atoms with Gasteiger partial charge in [0.25, 0.3) is 0 Å². The van der Waals surface area contributed by atoms with Crippen LogP contribution in [-0.4, -0.2) is 40.8 Å². The summed E-state index contributed by atoms with van der Waals surface area (Å²) in [5.41, 5.74) is 0. The molecule has 0 radical (unpaired) electrons. The predicted octanol–water partition coefficient (Wildman–Crippen LogP) is 3.13. The second kappa shape index (κ2) is 6.64. The molecule has 0 saturated carbocycles. The van der Waals surface area contributed by atoms with E-state index >= 15 is 0 Å². The Morgan fingerprint density at radius 2 is 1.90 bits per heavy atom. The van der Waals surface area contributed by atoms with E-state index in [-0.39, 0.29) is 31.2 Å². The normalized spacial score (nSPS) is 17.1. The first-order valence-corrected chi connectivity index (χ1v) is 7.25. The molecule has 1 N–H and O–H groups in total. The molecule has 0 aliphatic carbocycles. The van der Waals surface area contributed by atoms with Crippen LogP contribution in [-0.2, 0) is 0 Å². The van der Waals surface area contributed by atoms with Gasteiger partial charge in [-0.15, -0.1) is 0 Å². The summed E-state index contributed by atoms with van der Waals surface area (Å²) in [6, 6.07) is 0. The third kappa shape index (κ3) is 4.33. The van der Waals surface area contributed by atoms with Gasteiger partial charge in [0.05, 0.1) is 5.92 Å². The lowest BCUT2D eigenvalue weighted by molar-refractivity contribution is -0.179. The zero-order valence-electron chi connectivity index (χ0n) is 11.6. The molecule has 0 atom stereocenters. The molecule has 0 bridgehead atoms. The lowest BCUT2D eigenvalue weighted by Crippen LogP contribution is -2.39. The summed E-state index contributed by atoms with van der Waals surface area (Å²) >= 11 is 5.84. The molecule has 1 aliphatic heterocycles. The van der Waals surface area contributed by atoms with Crippen LogP contribution >= 0.6 is 11.6 Å². The molecular formula is C12H17ClF3N5. The highest BCUT2D eigenvalue weighted by Crippen LogP contribution is 2.34. The van der Waals surface area contributed by atoms with E-state index in [0.717, 1.165) is 6.42 Å². The molecule has 21 heavy (non-hydrogen) atoms. The first-order chi connectivity index (χ1) is 9.90. The van der Waals surface area contributed by atoms with Gasteiger partial charge in [-0.05, 0) is 30.9 Å². The Labute approximate surface area is 125 Å². The highest BCUT2D eigenvalue weighted by atomic mass is 35.5. The van der Waals surface area contributed by atoms with Gasteiger partial charge in [0.15, 0.2) is 0 Å². The summed E-state index contributed by atoms with van der Waals surface area (Å²) in [6.07, 6.45) is -3.14. The third-order valence-electron chi connectivity index (χ3n) is 3.37. The van der Waals surface area contributed by atoms with Crippen LogP contribution in [0.25, 0.3) is 0 Å². The molecule has 2 heterocycles. The summed E-state index contributed by atoms with van der Waals surface area (Å²) in [6.45, 7) is 3.21. The highest BCUT2D eigenvalue weighted by Gasteiger charge is 2.41. The Hall–Kier alpha value is -1.31. The van der Waals surface area contributed by atoms with Gasteiger partial charge in [0.2, 0.25) is 17.2 Å². The van der Waals surface area contributed by atoms with Crippen molar-refractivity contribution in [1.29, 1.82) is 0 Å². The van der Waals surface area contributed by atoms with Crippen molar-refractivity contribution < 1.29 is 13.2 Å². The maximum atomic E-state index is 12.6. The van der Waals surface area contributed by atoms with Crippen molar-refractivity contribution in [1.82, 2.24) is 15.0 Å². The van der Waals surface area contributed by atoms with E-state index < -0.39 is 12.1 Å². The molecule has 1 aromatic rings. The van der Waals surface area contributed by atoms with Gasteiger partial charge < -0.3 is 10.2 Å². The number of nitrogens with one attached hydrogen (secondary N) is 1. The van der Waals surface area contributed by atoms with E-state index in [4.69, 9.17) is 11.6 Å². The zero-order valence-corrected chi connectivity index (χ0v) is 12.4. The van der Waals surface area contributed by atoms with E-state index in [9.17, 15) is 13.2 Å². The number of anilines is 2. The molecule has 118 valence electrons. The molecule has 5 nitrogen and oxygen atoms in total. The molecule has 1 saturated heterocycles. The molecule has 0 amide bonds. The van der Waals surface area contributed by atoms with Gasteiger partial charge in [-0.3, -0.25) is 0 Å². The molecular weight excluding hydrogens is 307 g/mol. The maximum Gasteiger partial charge on any atom is 0.391 e. The number of alkyl halides is 3. The van der Waals surface area contributed by atoms with E-state index in [1.165, 1.54) is 0 Å². The molecule has 0 spiro atoms. The minimum Gasteiger partial charge on any atom is -0.354 e. The van der Waals surface area contributed by atoms with E-state index in [1.54, 1.807) is 4.90 Å². The predicted molar refractivity (Wildman–Crippen MR) is 74.6 cm³/mol. The van der Waals surface area contributed by atoms with Gasteiger partial charge in [-0.2, -0.15) is 28.1 Å². The van der Waals surface area contributed by atoms with Crippen LogP contribution in [0.4, 0.5) is 25.1 Å². The van der Waals surface area contributed by atoms with E-state index in [0.29, 0.717) is 18.4 Å². The molecule has 1 fully saturated rings. The van der Waals surface area contributed by atoms with Gasteiger partial charge in [0.1, 0.15) is 0 Å². The minimum atomic E-state index is -4.13. The smallest absolute Gasteiger partial charge is 0.354 e. The second-order valence-electron chi connectivity index (χ2n) is 4.96. The second-order valence-corrected chi connectivity index (χ2v) is 5.30. The van der Waals surface area contributed by atoms with Crippen LogP contribution in [0.1, 0.15) is 26.2 Å². The molecule has 9 heteroatoms. The number of aromatic nitrogens is 3. The average molecular weight is 324 g/mol. The number of hydrogen-bond donors (Lipinski definition) is 1. The van der Waals surface area contributed by atoms with Crippen molar-refractivity contribution in [3.05, 3.63) is 5.28 Å². The Kier molecular flexibility index (Phi) is 5.08. The summed E-state index contributed by atoms with van der Waals surface area (Å²) < 4.78 is 37.9. The lowest BCUT2D eigenvalue weighted by atomic mass is 9.96. The third-order valence-corrected chi connectivity index (χ3v) is 3.54. The van der Waals surface area contributed by atoms with E-state index in [1.807, 2.05) is 6.92 Å². The number of nitrogens with zero attached hydrogens (tertiary/aromatic N) is 4. The maximum absolute atomic E-state index is 12.6. The molecule has 1 aromatic heterocycles. The average Bonchev–Trinajstić information content (AvgIpc) is 2.44. The number of piperidine rings is 1. The molecule has 0 unspecified atom stereocenters. The van der Waals surface area contributed by atoms with Crippen molar-refractivity contribution in [3.8, 4) is 0 Å². The van der Waals surface area contributed by atoms with Crippen LogP contribution in [0.2, 0.25) is 5.28 Å². The van der Waals surface area contributed by atoms with Gasteiger partial charge in [0, 0.05) is 19.6 Å². The Morgan fingerprint density at radius 3 is 2.48 bits per heavy atom. The summed E-state index contributed by atoms with van der Waals surface area (Å²) in [5.74, 6) is -0.567. The fourth-order valence-corrected chi connectivity index (χ4v) is 2.36. The summed E-state index contributed by atoms with van der Waals surface area (Å²) in [4.78, 5) is 13.9. The van der Waals surface area contributed by atoms with Crippen LogP contribution in [0.15, 0.2) is 0 Å². The van der Waals surface area contributed by atoms with Crippen LogP contribution in [0, 0.1) is 5.92 Å². The largest absolute Gasteiger partial charge is 0.391 e. The molecule has 0 aromatic carbocycles. The lowest BCUT2D eigenvalue weighted by Gasteiger charge is -2.32. The van der Waals surface area contributed by atoms with E-state index in [2.05, 4.69) is 20.3 Å². The van der Waals surface area contributed by atoms with Crippen molar-refractivity contribution >= 4 is 23.5 Å². The monoisotopic (exact) mass is 323 g/mol. The fraction of sp³-hybridized carbons (Fsp3) is 0.750. The topological polar surface area (TPSA) is 53.9 Å². The fourth-order valence-electron chi connectivity index (χ4n) is 2.20. The number of halogens is 4. The van der Waals surface area contributed by atoms with Gasteiger partial charge in [-0.1, -0.05) is 6.92 Å². The standard InChI is InChI=1S/C12H17ClF3N5/c1-2-5-17-10-18-9(13)19-11(20-10)21-6-3-8(4-7-21)12(14,15)16/h8H,2-7H2,1H3,(H,17,18,19,20).